The highest BCUT2D eigenvalue weighted by Crippen LogP contribution is 2.37. The van der Waals surface area contributed by atoms with Crippen molar-refractivity contribution in [1.29, 1.82) is 5.26 Å². The number of rotatable bonds is 3. The van der Waals surface area contributed by atoms with Crippen LogP contribution < -0.4 is 4.74 Å². The van der Waals surface area contributed by atoms with Crippen molar-refractivity contribution in [2.75, 3.05) is 5.75 Å². The van der Waals surface area contributed by atoms with Crippen LogP contribution in [0.15, 0.2) is 41.4 Å². The van der Waals surface area contributed by atoms with Gasteiger partial charge in [0.25, 0.3) is 0 Å². The molecule has 0 amide bonds. The lowest BCUT2D eigenvalue weighted by atomic mass is 10.1. The SMILES string of the molecule is N#Cc1c(OCc2ccccc2)ncc2c1SCC2. The third kappa shape index (κ3) is 2.42. The Balaban J connectivity index is 1.84. The molecule has 0 unspecified atom stereocenters. The monoisotopic (exact) mass is 268 g/mol. The van der Waals surface area contributed by atoms with Gasteiger partial charge in [0.15, 0.2) is 0 Å². The normalized spacial score (nSPS) is 12.8. The van der Waals surface area contributed by atoms with Gasteiger partial charge < -0.3 is 4.74 Å². The molecule has 1 aliphatic heterocycles. The largest absolute Gasteiger partial charge is 0.472 e. The predicted molar refractivity (Wildman–Crippen MR) is 74.2 cm³/mol. The Hall–Kier alpha value is -1.99. The Morgan fingerprint density at radius 2 is 2.16 bits per heavy atom. The number of fused-ring (bicyclic) bond motifs is 1. The summed E-state index contributed by atoms with van der Waals surface area (Å²) in [6.07, 6.45) is 2.82. The van der Waals surface area contributed by atoms with Gasteiger partial charge >= 0.3 is 0 Å². The van der Waals surface area contributed by atoms with Crippen molar-refractivity contribution in [3.05, 3.63) is 53.2 Å². The summed E-state index contributed by atoms with van der Waals surface area (Å²) in [5, 5.41) is 9.30. The first-order chi connectivity index (χ1) is 9.38. The fourth-order valence-corrected chi connectivity index (χ4v) is 3.20. The topological polar surface area (TPSA) is 45.9 Å². The molecule has 0 aliphatic carbocycles. The lowest BCUT2D eigenvalue weighted by molar-refractivity contribution is 0.292. The average Bonchev–Trinajstić information content (AvgIpc) is 2.94. The first kappa shape index (κ1) is 12.1. The minimum atomic E-state index is 0.436. The van der Waals surface area contributed by atoms with Gasteiger partial charge in [0.05, 0.1) is 0 Å². The number of benzene rings is 1. The molecule has 3 nitrogen and oxygen atoms in total. The lowest BCUT2D eigenvalue weighted by Gasteiger charge is -2.09. The van der Waals surface area contributed by atoms with Gasteiger partial charge in [0.1, 0.15) is 18.2 Å². The molecule has 0 bridgehead atoms. The van der Waals surface area contributed by atoms with E-state index in [1.165, 1.54) is 0 Å². The van der Waals surface area contributed by atoms with E-state index in [9.17, 15) is 5.26 Å². The number of hydrogen-bond acceptors (Lipinski definition) is 4. The van der Waals surface area contributed by atoms with Crippen molar-refractivity contribution < 1.29 is 4.74 Å². The van der Waals surface area contributed by atoms with Crippen molar-refractivity contribution >= 4 is 11.8 Å². The van der Waals surface area contributed by atoms with E-state index >= 15 is 0 Å². The summed E-state index contributed by atoms with van der Waals surface area (Å²) >= 11 is 1.71. The fourth-order valence-electron chi connectivity index (χ4n) is 2.06. The highest BCUT2D eigenvalue weighted by atomic mass is 32.2. The number of thioether (sulfide) groups is 1. The van der Waals surface area contributed by atoms with Crippen LogP contribution in [0, 0.1) is 11.3 Å². The minimum absolute atomic E-state index is 0.436. The molecule has 1 aliphatic rings. The maximum absolute atomic E-state index is 9.30. The van der Waals surface area contributed by atoms with Gasteiger partial charge in [-0.15, -0.1) is 11.8 Å². The second-order valence-corrected chi connectivity index (χ2v) is 5.38. The summed E-state index contributed by atoms with van der Waals surface area (Å²) in [6.45, 7) is 0.436. The second kappa shape index (κ2) is 5.33. The van der Waals surface area contributed by atoms with Crippen molar-refractivity contribution in [3.8, 4) is 11.9 Å². The summed E-state index contributed by atoms with van der Waals surface area (Å²) in [5.41, 5.74) is 2.81. The van der Waals surface area contributed by atoms with E-state index in [4.69, 9.17) is 4.74 Å². The van der Waals surface area contributed by atoms with Crippen LogP contribution in [0.4, 0.5) is 0 Å². The van der Waals surface area contributed by atoms with Gasteiger partial charge in [0.2, 0.25) is 5.88 Å². The Labute approximate surface area is 116 Å². The Morgan fingerprint density at radius 3 is 2.95 bits per heavy atom. The molecule has 3 rings (SSSR count). The zero-order chi connectivity index (χ0) is 13.1. The number of aromatic nitrogens is 1. The molecule has 1 aromatic carbocycles. The lowest BCUT2D eigenvalue weighted by Crippen LogP contribution is -2.01. The van der Waals surface area contributed by atoms with E-state index in [0.29, 0.717) is 18.1 Å². The Bertz CT molecular complexity index is 635. The number of pyridine rings is 1. The zero-order valence-electron chi connectivity index (χ0n) is 10.3. The van der Waals surface area contributed by atoms with Crippen LogP contribution in [-0.4, -0.2) is 10.7 Å². The standard InChI is InChI=1S/C15H12N2OS/c16-8-13-14-12(6-7-19-14)9-17-15(13)18-10-11-4-2-1-3-5-11/h1-5,9H,6-7,10H2. The van der Waals surface area contributed by atoms with Crippen LogP contribution in [0.2, 0.25) is 0 Å². The third-order valence-corrected chi connectivity index (χ3v) is 4.18. The number of nitrogens with zero attached hydrogens (tertiary/aromatic N) is 2. The molecule has 0 atom stereocenters. The van der Waals surface area contributed by atoms with Crippen LogP contribution in [0.25, 0.3) is 0 Å². The zero-order valence-corrected chi connectivity index (χ0v) is 11.1. The molecule has 0 saturated heterocycles. The molecule has 0 saturated carbocycles. The molecule has 0 spiro atoms. The minimum Gasteiger partial charge on any atom is -0.472 e. The summed E-state index contributed by atoms with van der Waals surface area (Å²) in [5.74, 6) is 1.47. The van der Waals surface area contributed by atoms with Crippen LogP contribution in [-0.2, 0) is 13.0 Å². The quantitative estimate of drug-likeness (QED) is 0.857. The number of aryl methyl sites for hydroxylation is 1. The average molecular weight is 268 g/mol. The van der Waals surface area contributed by atoms with Crippen molar-refractivity contribution in [1.82, 2.24) is 4.98 Å². The summed E-state index contributed by atoms with van der Waals surface area (Å²) in [7, 11) is 0. The molecule has 2 aromatic rings. The van der Waals surface area contributed by atoms with Gasteiger partial charge in [-0.3, -0.25) is 0 Å². The van der Waals surface area contributed by atoms with Gasteiger partial charge in [-0.05, 0) is 17.5 Å². The van der Waals surface area contributed by atoms with Gasteiger partial charge in [-0.1, -0.05) is 30.3 Å². The molecule has 0 radical (unpaired) electrons. The Morgan fingerprint density at radius 1 is 1.32 bits per heavy atom. The highest BCUT2D eigenvalue weighted by Gasteiger charge is 2.20. The predicted octanol–water partition coefficient (Wildman–Crippen LogP) is 3.18. The number of nitriles is 1. The molecular weight excluding hydrogens is 256 g/mol. The molecule has 4 heteroatoms. The van der Waals surface area contributed by atoms with Crippen LogP contribution in [0.1, 0.15) is 16.7 Å². The third-order valence-electron chi connectivity index (χ3n) is 3.02. The molecule has 94 valence electrons. The van der Waals surface area contributed by atoms with Crippen molar-refractivity contribution in [2.45, 2.75) is 17.9 Å². The van der Waals surface area contributed by atoms with Gasteiger partial charge in [-0.2, -0.15) is 5.26 Å². The fraction of sp³-hybridized carbons (Fsp3) is 0.200. The Kier molecular flexibility index (Phi) is 3.39. The highest BCUT2D eigenvalue weighted by molar-refractivity contribution is 7.99. The van der Waals surface area contributed by atoms with E-state index < -0.39 is 0 Å². The van der Waals surface area contributed by atoms with Crippen molar-refractivity contribution in [2.24, 2.45) is 0 Å². The molecule has 0 N–H and O–H groups in total. The molecule has 1 aromatic heterocycles. The smallest absolute Gasteiger partial charge is 0.233 e. The van der Waals surface area contributed by atoms with Crippen LogP contribution in [0.5, 0.6) is 5.88 Å². The molecule has 0 fully saturated rings. The van der Waals surface area contributed by atoms with Gasteiger partial charge in [-0.25, -0.2) is 4.98 Å². The summed E-state index contributed by atoms with van der Waals surface area (Å²) < 4.78 is 5.69. The molecular formula is C15H12N2OS. The summed E-state index contributed by atoms with van der Waals surface area (Å²) in [6, 6.07) is 12.1. The maximum Gasteiger partial charge on any atom is 0.233 e. The second-order valence-electron chi connectivity index (χ2n) is 4.28. The van der Waals surface area contributed by atoms with Crippen LogP contribution in [0.3, 0.4) is 0 Å². The summed E-state index contributed by atoms with van der Waals surface area (Å²) in [4.78, 5) is 5.32. The van der Waals surface area contributed by atoms with E-state index in [0.717, 1.165) is 28.2 Å². The molecule has 2 heterocycles. The number of hydrogen-bond donors (Lipinski definition) is 0. The first-order valence-electron chi connectivity index (χ1n) is 6.10. The first-order valence-corrected chi connectivity index (χ1v) is 7.08. The van der Waals surface area contributed by atoms with Gasteiger partial charge in [0, 0.05) is 16.8 Å². The maximum atomic E-state index is 9.30. The molecule has 19 heavy (non-hydrogen) atoms. The van der Waals surface area contributed by atoms with E-state index in [1.807, 2.05) is 36.5 Å². The van der Waals surface area contributed by atoms with Crippen LogP contribution >= 0.6 is 11.8 Å². The van der Waals surface area contributed by atoms with E-state index in [1.54, 1.807) is 11.8 Å². The number of ether oxygens (including phenoxy) is 1. The van der Waals surface area contributed by atoms with Crippen molar-refractivity contribution in [3.63, 3.8) is 0 Å². The van der Waals surface area contributed by atoms with E-state index in [-0.39, 0.29) is 0 Å². The van der Waals surface area contributed by atoms with E-state index in [2.05, 4.69) is 11.1 Å².